The van der Waals surface area contributed by atoms with E-state index >= 15 is 0 Å². The summed E-state index contributed by atoms with van der Waals surface area (Å²) in [5, 5.41) is 5.85. The van der Waals surface area contributed by atoms with Crippen LogP contribution in [0, 0.1) is 0 Å². The molecule has 0 bridgehead atoms. The lowest BCUT2D eigenvalue weighted by atomic mass is 9.94. The van der Waals surface area contributed by atoms with Crippen LogP contribution < -0.4 is 5.32 Å². The summed E-state index contributed by atoms with van der Waals surface area (Å²) >= 11 is 1.91. The Hall–Kier alpha value is -0.380. The molecule has 0 saturated carbocycles. The molecule has 1 N–H and O–H groups in total. The van der Waals surface area contributed by atoms with Crippen LogP contribution in [0.5, 0.6) is 0 Å². The van der Waals surface area contributed by atoms with Crippen LogP contribution in [-0.4, -0.2) is 20.3 Å². The highest BCUT2D eigenvalue weighted by Crippen LogP contribution is 2.32. The molecule has 1 heterocycles. The molecular formula is C12H19NOS. The summed E-state index contributed by atoms with van der Waals surface area (Å²) in [4.78, 5) is 1.59. The number of aryl methyl sites for hydroxylation is 1. The zero-order valence-electron chi connectivity index (χ0n) is 9.29. The third-order valence-corrected chi connectivity index (χ3v) is 3.96. The Morgan fingerprint density at radius 3 is 3.40 bits per heavy atom. The average Bonchev–Trinajstić information content (AvgIpc) is 2.73. The van der Waals surface area contributed by atoms with Crippen LogP contribution in [0.15, 0.2) is 11.4 Å². The predicted molar refractivity (Wildman–Crippen MR) is 64.5 cm³/mol. The molecule has 3 heteroatoms. The SMILES string of the molecule is COCCCNC1CCCc2sccc21. The van der Waals surface area contributed by atoms with Gasteiger partial charge in [-0.1, -0.05) is 0 Å². The van der Waals surface area contributed by atoms with Gasteiger partial charge < -0.3 is 10.1 Å². The summed E-state index contributed by atoms with van der Waals surface area (Å²) in [7, 11) is 1.76. The predicted octanol–water partition coefficient (Wildman–Crippen LogP) is 2.75. The second-order valence-electron chi connectivity index (χ2n) is 4.04. The number of ether oxygens (including phenoxy) is 1. The minimum absolute atomic E-state index is 0.594. The first kappa shape index (κ1) is 11.1. The van der Waals surface area contributed by atoms with Crippen molar-refractivity contribution in [3.63, 3.8) is 0 Å². The number of hydrogen-bond donors (Lipinski definition) is 1. The van der Waals surface area contributed by atoms with Crippen molar-refractivity contribution in [2.45, 2.75) is 31.7 Å². The van der Waals surface area contributed by atoms with Gasteiger partial charge in [-0.15, -0.1) is 11.3 Å². The Balaban J connectivity index is 1.84. The molecule has 1 aliphatic carbocycles. The summed E-state index contributed by atoms with van der Waals surface area (Å²) in [5.74, 6) is 0. The highest BCUT2D eigenvalue weighted by atomic mass is 32.1. The van der Waals surface area contributed by atoms with Crippen LogP contribution in [0.3, 0.4) is 0 Å². The maximum Gasteiger partial charge on any atom is 0.0474 e. The molecule has 1 atom stereocenters. The first-order valence-corrected chi connectivity index (χ1v) is 6.58. The number of methoxy groups -OCH3 is 1. The van der Waals surface area contributed by atoms with Crippen molar-refractivity contribution in [2.75, 3.05) is 20.3 Å². The van der Waals surface area contributed by atoms with E-state index in [9.17, 15) is 0 Å². The molecule has 15 heavy (non-hydrogen) atoms. The standard InChI is InChI=1S/C12H19NOS/c1-14-8-3-7-13-11-4-2-5-12-10(11)6-9-15-12/h6,9,11,13H,2-5,7-8H2,1H3. The second-order valence-corrected chi connectivity index (χ2v) is 5.05. The Bertz CT molecular complexity index is 298. The maximum atomic E-state index is 5.05. The number of rotatable bonds is 5. The van der Waals surface area contributed by atoms with Crippen LogP contribution in [0.2, 0.25) is 0 Å². The largest absolute Gasteiger partial charge is 0.385 e. The van der Waals surface area contributed by atoms with Gasteiger partial charge in [0.15, 0.2) is 0 Å². The molecule has 2 nitrogen and oxygen atoms in total. The Labute approximate surface area is 95.6 Å². The lowest BCUT2D eigenvalue weighted by molar-refractivity contribution is 0.192. The summed E-state index contributed by atoms with van der Waals surface area (Å²) < 4.78 is 5.05. The Morgan fingerprint density at radius 2 is 2.53 bits per heavy atom. The van der Waals surface area contributed by atoms with E-state index in [0.29, 0.717) is 6.04 Å². The normalized spacial score (nSPS) is 20.2. The van der Waals surface area contributed by atoms with Gasteiger partial charge in [-0.2, -0.15) is 0 Å². The Morgan fingerprint density at radius 1 is 1.60 bits per heavy atom. The highest BCUT2D eigenvalue weighted by molar-refractivity contribution is 7.10. The molecule has 0 aromatic carbocycles. The number of fused-ring (bicyclic) bond motifs is 1. The molecule has 0 radical (unpaired) electrons. The molecule has 1 aromatic rings. The van der Waals surface area contributed by atoms with Gasteiger partial charge in [0.25, 0.3) is 0 Å². The van der Waals surface area contributed by atoms with Crippen molar-refractivity contribution in [2.24, 2.45) is 0 Å². The fraction of sp³-hybridized carbons (Fsp3) is 0.667. The van der Waals surface area contributed by atoms with E-state index in [-0.39, 0.29) is 0 Å². The molecular weight excluding hydrogens is 206 g/mol. The van der Waals surface area contributed by atoms with Crippen molar-refractivity contribution < 1.29 is 4.74 Å². The van der Waals surface area contributed by atoms with E-state index in [4.69, 9.17) is 4.74 Å². The van der Waals surface area contributed by atoms with Crippen LogP contribution in [0.25, 0.3) is 0 Å². The number of hydrogen-bond acceptors (Lipinski definition) is 3. The fourth-order valence-electron chi connectivity index (χ4n) is 2.19. The zero-order valence-corrected chi connectivity index (χ0v) is 10.1. The van der Waals surface area contributed by atoms with Crippen molar-refractivity contribution >= 4 is 11.3 Å². The van der Waals surface area contributed by atoms with Gasteiger partial charge >= 0.3 is 0 Å². The van der Waals surface area contributed by atoms with Crippen LogP contribution in [0.1, 0.15) is 35.7 Å². The minimum Gasteiger partial charge on any atom is -0.385 e. The van der Waals surface area contributed by atoms with Gasteiger partial charge in [0, 0.05) is 24.6 Å². The molecule has 0 amide bonds. The molecule has 0 spiro atoms. The summed E-state index contributed by atoms with van der Waals surface area (Å²) in [6.07, 6.45) is 5.00. The molecule has 1 aliphatic rings. The third-order valence-electron chi connectivity index (χ3n) is 2.97. The minimum atomic E-state index is 0.594. The van der Waals surface area contributed by atoms with Gasteiger partial charge in [-0.05, 0) is 49.2 Å². The average molecular weight is 225 g/mol. The van der Waals surface area contributed by atoms with Crippen LogP contribution in [0.4, 0.5) is 0 Å². The summed E-state index contributed by atoms with van der Waals surface area (Å²) in [5.41, 5.74) is 1.55. The zero-order chi connectivity index (χ0) is 10.5. The van der Waals surface area contributed by atoms with E-state index in [1.165, 1.54) is 19.3 Å². The molecule has 2 rings (SSSR count). The number of nitrogens with one attached hydrogen (secondary N) is 1. The van der Waals surface area contributed by atoms with Gasteiger partial charge in [-0.3, -0.25) is 0 Å². The van der Waals surface area contributed by atoms with E-state index in [1.807, 2.05) is 11.3 Å². The fourth-order valence-corrected chi connectivity index (χ4v) is 3.18. The maximum absolute atomic E-state index is 5.05. The summed E-state index contributed by atoms with van der Waals surface area (Å²) in [6, 6.07) is 2.88. The van der Waals surface area contributed by atoms with E-state index in [2.05, 4.69) is 16.8 Å². The first-order valence-electron chi connectivity index (χ1n) is 5.70. The first-order chi connectivity index (χ1) is 7.42. The van der Waals surface area contributed by atoms with E-state index < -0.39 is 0 Å². The molecule has 0 saturated heterocycles. The van der Waals surface area contributed by atoms with Gasteiger partial charge in [0.2, 0.25) is 0 Å². The van der Waals surface area contributed by atoms with E-state index in [1.54, 1.807) is 17.6 Å². The molecule has 0 aliphatic heterocycles. The third kappa shape index (κ3) is 2.80. The smallest absolute Gasteiger partial charge is 0.0474 e. The number of thiophene rings is 1. The molecule has 84 valence electrons. The van der Waals surface area contributed by atoms with Gasteiger partial charge in [0.1, 0.15) is 0 Å². The van der Waals surface area contributed by atoms with Crippen molar-refractivity contribution in [1.29, 1.82) is 0 Å². The topological polar surface area (TPSA) is 21.3 Å². The molecule has 1 aromatic heterocycles. The van der Waals surface area contributed by atoms with E-state index in [0.717, 1.165) is 19.6 Å². The van der Waals surface area contributed by atoms with Crippen LogP contribution in [-0.2, 0) is 11.2 Å². The van der Waals surface area contributed by atoms with Crippen molar-refractivity contribution in [3.05, 3.63) is 21.9 Å². The molecule has 1 unspecified atom stereocenters. The lowest BCUT2D eigenvalue weighted by Crippen LogP contribution is -2.25. The Kier molecular flexibility index (Phi) is 4.18. The van der Waals surface area contributed by atoms with Gasteiger partial charge in [0.05, 0.1) is 0 Å². The van der Waals surface area contributed by atoms with Crippen molar-refractivity contribution in [1.82, 2.24) is 5.32 Å². The van der Waals surface area contributed by atoms with Gasteiger partial charge in [-0.25, -0.2) is 0 Å². The monoisotopic (exact) mass is 225 g/mol. The van der Waals surface area contributed by atoms with Crippen molar-refractivity contribution in [3.8, 4) is 0 Å². The second kappa shape index (κ2) is 5.64. The summed E-state index contributed by atoms with van der Waals surface area (Å²) in [6.45, 7) is 1.92. The quantitative estimate of drug-likeness (QED) is 0.778. The highest BCUT2D eigenvalue weighted by Gasteiger charge is 2.19. The van der Waals surface area contributed by atoms with Crippen LogP contribution >= 0.6 is 11.3 Å². The lowest BCUT2D eigenvalue weighted by Gasteiger charge is -2.23. The molecule has 0 fully saturated rings.